The maximum absolute atomic E-state index is 13.4. The van der Waals surface area contributed by atoms with Crippen LogP contribution in [0.25, 0.3) is 6.08 Å². The van der Waals surface area contributed by atoms with Gasteiger partial charge in [0.2, 0.25) is 0 Å². The van der Waals surface area contributed by atoms with Gasteiger partial charge >= 0.3 is 0 Å². The van der Waals surface area contributed by atoms with Crippen molar-refractivity contribution in [2.75, 3.05) is 5.75 Å². The molecular formula is C25H26N4O4S. The molecule has 1 N–H and O–H groups in total. The first-order valence-electron chi connectivity index (χ1n) is 11.5. The highest BCUT2D eigenvalue weighted by molar-refractivity contribution is 7.99. The van der Waals surface area contributed by atoms with E-state index in [9.17, 15) is 9.59 Å². The van der Waals surface area contributed by atoms with E-state index in [0.717, 1.165) is 60.6 Å². The Hall–Kier alpha value is -3.33. The van der Waals surface area contributed by atoms with Crippen molar-refractivity contribution >= 4 is 29.5 Å². The zero-order valence-corrected chi connectivity index (χ0v) is 19.7. The van der Waals surface area contributed by atoms with Crippen molar-refractivity contribution in [3.8, 4) is 0 Å². The second-order valence-corrected chi connectivity index (χ2v) is 9.41. The summed E-state index contributed by atoms with van der Waals surface area (Å²) in [6.45, 7) is 2.04. The molecule has 1 aliphatic carbocycles. The molecule has 2 unspecified atom stereocenters. The number of rotatable bonds is 7. The molecule has 2 aliphatic rings. The standard InChI is InChI=1S/C25H26N4O4S/c1-2-6-17-14-21(30)27-25(26-17)34-15-22(31)29-24(20-10-5-12-33-20)19-9-3-7-16(23(19)28-29)13-18-8-4-11-32-18/h4-5,8,10-14,19,24H,2-3,6-7,9,15H2,1H3,(H,26,27,30). The lowest BCUT2D eigenvalue weighted by Crippen LogP contribution is -2.32. The predicted molar refractivity (Wildman–Crippen MR) is 129 cm³/mol. The number of aromatic amines is 1. The van der Waals surface area contributed by atoms with E-state index >= 15 is 0 Å². The number of amides is 1. The van der Waals surface area contributed by atoms with Gasteiger partial charge in [-0.25, -0.2) is 9.99 Å². The zero-order valence-electron chi connectivity index (χ0n) is 18.9. The first kappa shape index (κ1) is 22.5. The van der Waals surface area contributed by atoms with Gasteiger partial charge in [-0.2, -0.15) is 5.10 Å². The van der Waals surface area contributed by atoms with Crippen LogP contribution in [0.2, 0.25) is 0 Å². The van der Waals surface area contributed by atoms with Crippen molar-refractivity contribution < 1.29 is 13.6 Å². The number of hydrazone groups is 1. The number of aryl methyl sites for hydroxylation is 1. The summed E-state index contributed by atoms with van der Waals surface area (Å²) in [5.74, 6) is 1.50. The Morgan fingerprint density at radius 2 is 2.15 bits per heavy atom. The van der Waals surface area contributed by atoms with Crippen LogP contribution in [0.3, 0.4) is 0 Å². The quantitative estimate of drug-likeness (QED) is 0.385. The number of hydrogen-bond acceptors (Lipinski definition) is 7. The number of hydrogen-bond donors (Lipinski definition) is 1. The number of H-pyrrole nitrogens is 1. The predicted octanol–water partition coefficient (Wildman–Crippen LogP) is 4.82. The summed E-state index contributed by atoms with van der Waals surface area (Å²) in [6, 6.07) is 8.71. The van der Waals surface area contributed by atoms with Gasteiger partial charge in [0.1, 0.15) is 17.6 Å². The van der Waals surface area contributed by atoms with E-state index in [4.69, 9.17) is 13.9 Å². The van der Waals surface area contributed by atoms with Crippen molar-refractivity contribution in [3.05, 3.63) is 76.0 Å². The summed E-state index contributed by atoms with van der Waals surface area (Å²) < 4.78 is 11.2. The number of thioether (sulfide) groups is 1. The molecule has 0 bridgehead atoms. The lowest BCUT2D eigenvalue weighted by molar-refractivity contribution is -0.131. The van der Waals surface area contributed by atoms with Crippen molar-refractivity contribution in [1.82, 2.24) is 15.0 Å². The Bertz CT molecular complexity index is 1260. The minimum atomic E-state index is -0.295. The third-order valence-corrected chi connectivity index (χ3v) is 6.92. The minimum Gasteiger partial charge on any atom is -0.467 e. The number of furan rings is 2. The molecule has 0 aromatic carbocycles. The van der Waals surface area contributed by atoms with E-state index in [1.807, 2.05) is 37.3 Å². The minimum absolute atomic E-state index is 0.0564. The van der Waals surface area contributed by atoms with Crippen LogP contribution < -0.4 is 5.56 Å². The average molecular weight is 479 g/mol. The summed E-state index contributed by atoms with van der Waals surface area (Å²) in [7, 11) is 0. The number of carbonyl (C=O) groups excluding carboxylic acids is 1. The van der Waals surface area contributed by atoms with Crippen LogP contribution in [0, 0.1) is 5.92 Å². The van der Waals surface area contributed by atoms with Crippen molar-refractivity contribution in [3.63, 3.8) is 0 Å². The van der Waals surface area contributed by atoms with Gasteiger partial charge in [0.05, 0.1) is 24.0 Å². The number of aromatic nitrogens is 2. The van der Waals surface area contributed by atoms with Gasteiger partial charge in [0, 0.05) is 17.7 Å². The number of fused-ring (bicyclic) bond motifs is 1. The van der Waals surface area contributed by atoms with Gasteiger partial charge in [0.25, 0.3) is 11.5 Å². The molecule has 3 aromatic heterocycles. The monoisotopic (exact) mass is 478 g/mol. The molecule has 0 radical (unpaired) electrons. The maximum Gasteiger partial charge on any atom is 0.253 e. The second kappa shape index (κ2) is 9.89. The second-order valence-electron chi connectivity index (χ2n) is 8.45. The van der Waals surface area contributed by atoms with Crippen LogP contribution in [0.4, 0.5) is 0 Å². The van der Waals surface area contributed by atoms with E-state index in [0.29, 0.717) is 5.16 Å². The Kier molecular flexibility index (Phi) is 6.53. The maximum atomic E-state index is 13.4. The van der Waals surface area contributed by atoms with Gasteiger partial charge in [0.15, 0.2) is 5.16 Å². The third kappa shape index (κ3) is 4.65. The highest BCUT2D eigenvalue weighted by Crippen LogP contribution is 2.44. The molecule has 0 spiro atoms. The van der Waals surface area contributed by atoms with Crippen LogP contribution >= 0.6 is 11.8 Å². The highest BCUT2D eigenvalue weighted by atomic mass is 32.2. The van der Waals surface area contributed by atoms with Crippen molar-refractivity contribution in [2.45, 2.75) is 50.2 Å². The average Bonchev–Trinajstić information content (AvgIpc) is 3.58. The van der Waals surface area contributed by atoms with E-state index in [1.54, 1.807) is 17.5 Å². The molecule has 1 saturated carbocycles. The first-order valence-corrected chi connectivity index (χ1v) is 12.5. The van der Waals surface area contributed by atoms with Crippen molar-refractivity contribution in [1.29, 1.82) is 0 Å². The fourth-order valence-corrected chi connectivity index (χ4v) is 5.37. The Balaban J connectivity index is 1.41. The number of nitrogens with one attached hydrogen (secondary N) is 1. The number of allylic oxidation sites excluding steroid dienone is 1. The van der Waals surface area contributed by atoms with Crippen molar-refractivity contribution in [2.24, 2.45) is 11.0 Å². The largest absolute Gasteiger partial charge is 0.467 e. The fourth-order valence-electron chi connectivity index (χ4n) is 4.62. The molecular weight excluding hydrogens is 452 g/mol. The zero-order chi connectivity index (χ0) is 23.5. The normalized spacial score (nSPS) is 21.0. The molecule has 1 fully saturated rings. The van der Waals surface area contributed by atoms with Crippen LogP contribution in [0.1, 0.15) is 55.9 Å². The third-order valence-electron chi connectivity index (χ3n) is 6.06. The summed E-state index contributed by atoms with van der Waals surface area (Å²) in [5, 5.41) is 6.81. The van der Waals surface area contributed by atoms with Gasteiger partial charge in [-0.3, -0.25) is 9.59 Å². The number of nitrogens with zero attached hydrogens (tertiary/aromatic N) is 3. The molecule has 0 saturated heterocycles. The summed E-state index contributed by atoms with van der Waals surface area (Å²) in [5.41, 5.74) is 2.53. The van der Waals surface area contributed by atoms with Gasteiger partial charge < -0.3 is 13.8 Å². The Morgan fingerprint density at radius 3 is 2.91 bits per heavy atom. The summed E-state index contributed by atoms with van der Waals surface area (Å²) >= 11 is 1.22. The smallest absolute Gasteiger partial charge is 0.253 e. The highest BCUT2D eigenvalue weighted by Gasteiger charge is 2.45. The molecule has 4 heterocycles. The molecule has 5 rings (SSSR count). The molecule has 176 valence electrons. The summed E-state index contributed by atoms with van der Waals surface area (Å²) in [6.07, 6.45) is 9.71. The van der Waals surface area contributed by atoms with Crippen LogP contribution in [0.15, 0.2) is 72.3 Å². The summed E-state index contributed by atoms with van der Waals surface area (Å²) in [4.78, 5) is 32.6. The van der Waals surface area contributed by atoms with Crippen LogP contribution in [0.5, 0.6) is 0 Å². The van der Waals surface area contributed by atoms with Gasteiger partial charge in [-0.05, 0) is 61.6 Å². The topological polar surface area (TPSA) is 105 Å². The number of carbonyl (C=O) groups is 1. The Morgan fingerprint density at radius 1 is 1.29 bits per heavy atom. The molecule has 2 atom stereocenters. The fraction of sp³-hybridized carbons (Fsp3) is 0.360. The molecule has 8 nitrogen and oxygen atoms in total. The van der Waals surface area contributed by atoms with Gasteiger partial charge in [-0.1, -0.05) is 25.1 Å². The lowest BCUT2D eigenvalue weighted by atomic mass is 9.79. The molecule has 1 amide bonds. The van der Waals surface area contributed by atoms with E-state index in [-0.39, 0.29) is 29.2 Å². The SMILES string of the molecule is CCCc1cc(=O)[nH]c(SCC(=O)N2N=C3C(=Cc4ccco4)CCCC3C2c2ccco2)n1. The van der Waals surface area contributed by atoms with Gasteiger partial charge in [-0.15, -0.1) is 0 Å². The molecule has 34 heavy (non-hydrogen) atoms. The first-order chi connectivity index (χ1) is 16.6. The van der Waals surface area contributed by atoms with E-state index < -0.39 is 0 Å². The molecule has 3 aromatic rings. The molecule has 9 heteroatoms. The Labute approximate surface area is 201 Å². The van der Waals surface area contributed by atoms with Crippen LogP contribution in [-0.4, -0.2) is 32.3 Å². The van der Waals surface area contributed by atoms with Crippen LogP contribution in [-0.2, 0) is 11.2 Å². The molecule has 1 aliphatic heterocycles. The van der Waals surface area contributed by atoms with E-state index in [1.165, 1.54) is 17.8 Å². The van der Waals surface area contributed by atoms with E-state index in [2.05, 4.69) is 9.97 Å². The lowest BCUT2D eigenvalue weighted by Gasteiger charge is -2.27.